The first kappa shape index (κ1) is 11.6. The SMILES string of the molecule is CCOC(=O)[C@@H](CCC#N)C(C)=O. The molecule has 0 amide bonds. The van der Waals surface area contributed by atoms with Gasteiger partial charge in [-0.15, -0.1) is 0 Å². The van der Waals surface area contributed by atoms with Crippen molar-refractivity contribution in [3.63, 3.8) is 0 Å². The van der Waals surface area contributed by atoms with E-state index in [0.29, 0.717) is 0 Å². The fourth-order valence-corrected chi connectivity index (χ4v) is 0.939. The lowest BCUT2D eigenvalue weighted by Crippen LogP contribution is -2.24. The molecule has 0 unspecified atom stereocenters. The van der Waals surface area contributed by atoms with Crippen LogP contribution in [0.4, 0.5) is 0 Å². The number of hydrogen-bond acceptors (Lipinski definition) is 4. The average molecular weight is 183 g/mol. The third-order valence-electron chi connectivity index (χ3n) is 1.61. The van der Waals surface area contributed by atoms with Crippen LogP contribution < -0.4 is 0 Å². The van der Waals surface area contributed by atoms with E-state index in [9.17, 15) is 9.59 Å². The fraction of sp³-hybridized carbons (Fsp3) is 0.667. The van der Waals surface area contributed by atoms with Crippen LogP contribution in [0.3, 0.4) is 0 Å². The van der Waals surface area contributed by atoms with Crippen molar-refractivity contribution in [3.8, 4) is 6.07 Å². The summed E-state index contributed by atoms with van der Waals surface area (Å²) in [5, 5.41) is 8.30. The normalized spacial score (nSPS) is 11.5. The maximum atomic E-state index is 11.1. The molecule has 0 saturated carbocycles. The third-order valence-corrected chi connectivity index (χ3v) is 1.61. The van der Waals surface area contributed by atoms with Crippen LogP contribution in [0.15, 0.2) is 0 Å². The topological polar surface area (TPSA) is 67.2 Å². The van der Waals surface area contributed by atoms with Crippen molar-refractivity contribution < 1.29 is 14.3 Å². The predicted octanol–water partition coefficient (Wildman–Crippen LogP) is 1.06. The van der Waals surface area contributed by atoms with E-state index in [1.807, 2.05) is 6.07 Å². The summed E-state index contributed by atoms with van der Waals surface area (Å²) in [4.78, 5) is 22.1. The summed E-state index contributed by atoms with van der Waals surface area (Å²) in [6.07, 6.45) is 0.452. The zero-order valence-corrected chi connectivity index (χ0v) is 7.87. The minimum Gasteiger partial charge on any atom is -0.465 e. The number of esters is 1. The number of rotatable bonds is 5. The van der Waals surface area contributed by atoms with Crippen LogP contribution in [-0.2, 0) is 14.3 Å². The summed E-state index contributed by atoms with van der Waals surface area (Å²) in [5.74, 6) is -1.53. The van der Waals surface area contributed by atoms with Crippen LogP contribution in [0.25, 0.3) is 0 Å². The lowest BCUT2D eigenvalue weighted by Gasteiger charge is -2.09. The predicted molar refractivity (Wildman–Crippen MR) is 45.7 cm³/mol. The van der Waals surface area contributed by atoms with Gasteiger partial charge in [0.2, 0.25) is 0 Å². The molecule has 0 aliphatic heterocycles. The van der Waals surface area contributed by atoms with Gasteiger partial charge in [-0.3, -0.25) is 9.59 Å². The summed E-state index contributed by atoms with van der Waals surface area (Å²) in [6, 6.07) is 1.89. The van der Waals surface area contributed by atoms with Crippen molar-refractivity contribution in [1.29, 1.82) is 5.26 Å². The molecule has 0 N–H and O–H groups in total. The molecule has 0 bridgehead atoms. The Morgan fingerprint density at radius 1 is 1.54 bits per heavy atom. The number of ether oxygens (including phenoxy) is 1. The van der Waals surface area contributed by atoms with Gasteiger partial charge in [-0.05, 0) is 20.3 Å². The zero-order valence-electron chi connectivity index (χ0n) is 7.87. The summed E-state index contributed by atoms with van der Waals surface area (Å²) < 4.78 is 4.69. The number of ketones is 1. The highest BCUT2D eigenvalue weighted by atomic mass is 16.5. The van der Waals surface area contributed by atoms with E-state index in [4.69, 9.17) is 10.00 Å². The average Bonchev–Trinajstić information content (AvgIpc) is 2.05. The van der Waals surface area contributed by atoms with Gasteiger partial charge in [-0.25, -0.2) is 0 Å². The first-order chi connectivity index (χ1) is 6.13. The second-order valence-electron chi connectivity index (χ2n) is 2.61. The van der Waals surface area contributed by atoms with Crippen LogP contribution in [-0.4, -0.2) is 18.4 Å². The largest absolute Gasteiger partial charge is 0.465 e. The second kappa shape index (κ2) is 6.18. The van der Waals surface area contributed by atoms with Crippen molar-refractivity contribution >= 4 is 11.8 Å². The molecule has 72 valence electrons. The Balaban J connectivity index is 4.17. The Hall–Kier alpha value is -1.37. The van der Waals surface area contributed by atoms with Gasteiger partial charge in [0.05, 0.1) is 12.7 Å². The van der Waals surface area contributed by atoms with Gasteiger partial charge in [0.15, 0.2) is 0 Å². The Labute approximate surface area is 77.5 Å². The third kappa shape index (κ3) is 4.26. The highest BCUT2D eigenvalue weighted by Crippen LogP contribution is 2.09. The molecule has 0 aromatic carbocycles. The number of carbonyl (C=O) groups is 2. The minimum atomic E-state index is -0.764. The van der Waals surface area contributed by atoms with Gasteiger partial charge in [0.25, 0.3) is 0 Å². The van der Waals surface area contributed by atoms with E-state index in [-0.39, 0.29) is 25.2 Å². The van der Waals surface area contributed by atoms with Crippen LogP contribution in [0.5, 0.6) is 0 Å². The molecule has 0 fully saturated rings. The van der Waals surface area contributed by atoms with E-state index in [1.165, 1.54) is 6.92 Å². The zero-order chi connectivity index (χ0) is 10.3. The van der Waals surface area contributed by atoms with Gasteiger partial charge in [-0.2, -0.15) is 5.26 Å². The minimum absolute atomic E-state index is 0.197. The highest BCUT2D eigenvalue weighted by molar-refractivity contribution is 5.97. The van der Waals surface area contributed by atoms with Crippen molar-refractivity contribution in [2.24, 2.45) is 5.92 Å². The molecule has 0 radical (unpaired) electrons. The molecule has 0 heterocycles. The van der Waals surface area contributed by atoms with E-state index in [2.05, 4.69) is 0 Å². The van der Waals surface area contributed by atoms with Crippen LogP contribution >= 0.6 is 0 Å². The molecule has 0 saturated heterocycles. The molecule has 13 heavy (non-hydrogen) atoms. The number of nitriles is 1. The molecule has 0 aliphatic carbocycles. The highest BCUT2D eigenvalue weighted by Gasteiger charge is 2.23. The molecular weight excluding hydrogens is 170 g/mol. The first-order valence-electron chi connectivity index (χ1n) is 4.17. The van der Waals surface area contributed by atoms with Crippen LogP contribution in [0.1, 0.15) is 26.7 Å². The monoisotopic (exact) mass is 183 g/mol. The quantitative estimate of drug-likeness (QED) is 0.472. The van der Waals surface area contributed by atoms with Gasteiger partial charge < -0.3 is 4.74 Å². The Morgan fingerprint density at radius 3 is 2.54 bits per heavy atom. The number of Topliss-reactive ketones (excluding diaryl/α,β-unsaturated/α-hetero) is 1. The molecular formula is C9H13NO3. The van der Waals surface area contributed by atoms with E-state index >= 15 is 0 Å². The van der Waals surface area contributed by atoms with E-state index < -0.39 is 11.9 Å². The van der Waals surface area contributed by atoms with Crippen molar-refractivity contribution in [3.05, 3.63) is 0 Å². The van der Waals surface area contributed by atoms with Gasteiger partial charge in [0, 0.05) is 6.42 Å². The summed E-state index contributed by atoms with van der Waals surface area (Å²) in [6.45, 7) is 3.27. The maximum absolute atomic E-state index is 11.1. The van der Waals surface area contributed by atoms with Crippen molar-refractivity contribution in [2.75, 3.05) is 6.61 Å². The number of nitrogens with zero attached hydrogens (tertiary/aromatic N) is 1. The Kier molecular flexibility index (Phi) is 5.53. The fourth-order valence-electron chi connectivity index (χ4n) is 0.939. The molecule has 0 aromatic rings. The van der Waals surface area contributed by atoms with Gasteiger partial charge in [0.1, 0.15) is 11.7 Å². The van der Waals surface area contributed by atoms with E-state index in [0.717, 1.165) is 0 Å². The molecule has 4 heteroatoms. The second-order valence-corrected chi connectivity index (χ2v) is 2.61. The number of hydrogen-bond donors (Lipinski definition) is 0. The lowest BCUT2D eigenvalue weighted by molar-refractivity contribution is -0.151. The molecule has 1 atom stereocenters. The molecule has 0 aliphatic rings. The molecule has 0 spiro atoms. The Bertz CT molecular complexity index is 230. The standard InChI is InChI=1S/C9H13NO3/c1-3-13-9(12)8(7(2)11)5-4-6-10/h8H,3-5H2,1-2H3/t8-/m0/s1. The summed E-state index contributed by atoms with van der Waals surface area (Å²) in [7, 11) is 0. The molecule has 4 nitrogen and oxygen atoms in total. The molecule has 0 rings (SSSR count). The summed E-state index contributed by atoms with van der Waals surface area (Å²) >= 11 is 0. The first-order valence-corrected chi connectivity index (χ1v) is 4.17. The maximum Gasteiger partial charge on any atom is 0.316 e. The smallest absolute Gasteiger partial charge is 0.316 e. The summed E-state index contributed by atoms with van der Waals surface area (Å²) in [5.41, 5.74) is 0. The lowest BCUT2D eigenvalue weighted by atomic mass is 10.00. The van der Waals surface area contributed by atoms with Crippen LogP contribution in [0, 0.1) is 17.2 Å². The number of carbonyl (C=O) groups excluding carboxylic acids is 2. The van der Waals surface area contributed by atoms with Crippen molar-refractivity contribution in [2.45, 2.75) is 26.7 Å². The van der Waals surface area contributed by atoms with Crippen LogP contribution in [0.2, 0.25) is 0 Å². The van der Waals surface area contributed by atoms with Gasteiger partial charge >= 0.3 is 5.97 Å². The Morgan fingerprint density at radius 2 is 2.15 bits per heavy atom. The molecule has 0 aromatic heterocycles. The van der Waals surface area contributed by atoms with Crippen molar-refractivity contribution in [1.82, 2.24) is 0 Å². The van der Waals surface area contributed by atoms with E-state index in [1.54, 1.807) is 6.92 Å². The van der Waals surface area contributed by atoms with Gasteiger partial charge in [-0.1, -0.05) is 0 Å².